The summed E-state index contributed by atoms with van der Waals surface area (Å²) in [6.45, 7) is 0. The molecule has 0 saturated carbocycles. The molecule has 0 aliphatic rings. The lowest BCUT2D eigenvalue weighted by atomic mass is 10.1. The van der Waals surface area contributed by atoms with E-state index < -0.39 is 10.0 Å². The summed E-state index contributed by atoms with van der Waals surface area (Å²) in [4.78, 5) is 0.112. The van der Waals surface area contributed by atoms with E-state index >= 15 is 0 Å². The third-order valence-corrected chi connectivity index (χ3v) is 4.13. The Bertz CT molecular complexity index is 811. The van der Waals surface area contributed by atoms with Crippen molar-refractivity contribution in [2.45, 2.75) is 4.90 Å². The number of sulfonamides is 1. The number of hydrogen-bond acceptors (Lipinski definition) is 3. The summed E-state index contributed by atoms with van der Waals surface area (Å²) in [6, 6.07) is 13.2. The Morgan fingerprint density at radius 1 is 1.05 bits per heavy atom. The van der Waals surface area contributed by atoms with Crippen LogP contribution in [0.15, 0.2) is 59.8 Å². The molecule has 1 heterocycles. The van der Waals surface area contributed by atoms with Gasteiger partial charge < -0.3 is 0 Å². The zero-order valence-corrected chi connectivity index (χ0v) is 10.7. The third-order valence-electron chi connectivity index (χ3n) is 2.79. The smallest absolute Gasteiger partial charge is 0.265 e. The lowest BCUT2D eigenvalue weighted by Gasteiger charge is -2.07. The lowest BCUT2D eigenvalue weighted by Crippen LogP contribution is -2.12. The average Bonchev–Trinajstić information content (AvgIpc) is 2.93. The van der Waals surface area contributed by atoms with Gasteiger partial charge >= 0.3 is 0 Å². The number of anilines is 1. The maximum Gasteiger partial charge on any atom is 0.265 e. The molecule has 19 heavy (non-hydrogen) atoms. The lowest BCUT2D eigenvalue weighted by molar-refractivity contribution is 0.601. The number of benzene rings is 2. The van der Waals surface area contributed by atoms with Crippen LogP contribution in [0.1, 0.15) is 0 Å². The van der Waals surface area contributed by atoms with Gasteiger partial charge in [0.2, 0.25) is 0 Å². The van der Waals surface area contributed by atoms with Crippen molar-refractivity contribution >= 4 is 26.5 Å². The Kier molecular flexibility index (Phi) is 2.72. The van der Waals surface area contributed by atoms with Crippen LogP contribution in [0, 0.1) is 0 Å². The van der Waals surface area contributed by atoms with Gasteiger partial charge in [-0.25, -0.2) is 8.42 Å². The van der Waals surface area contributed by atoms with Crippen LogP contribution in [-0.2, 0) is 10.0 Å². The van der Waals surface area contributed by atoms with Crippen molar-refractivity contribution in [2.75, 3.05) is 4.72 Å². The topological polar surface area (TPSA) is 74.8 Å². The van der Waals surface area contributed by atoms with Crippen molar-refractivity contribution in [1.82, 2.24) is 10.2 Å². The van der Waals surface area contributed by atoms with Crippen LogP contribution in [0.4, 0.5) is 5.69 Å². The second kappa shape index (κ2) is 4.40. The first-order valence-electron chi connectivity index (χ1n) is 5.65. The van der Waals surface area contributed by atoms with Gasteiger partial charge in [0, 0.05) is 11.9 Å². The van der Waals surface area contributed by atoms with Crippen LogP contribution >= 0.6 is 0 Å². The number of rotatable bonds is 3. The molecule has 0 amide bonds. The molecule has 96 valence electrons. The molecule has 0 aliphatic heterocycles. The van der Waals surface area contributed by atoms with Gasteiger partial charge in [-0.3, -0.25) is 9.82 Å². The van der Waals surface area contributed by atoms with Crippen LogP contribution in [0.25, 0.3) is 10.8 Å². The number of nitrogens with one attached hydrogen (secondary N) is 2. The average molecular weight is 273 g/mol. The van der Waals surface area contributed by atoms with E-state index in [9.17, 15) is 8.42 Å². The monoisotopic (exact) mass is 273 g/mol. The summed E-state index contributed by atoms with van der Waals surface area (Å²) in [5.41, 5.74) is 0.528. The summed E-state index contributed by atoms with van der Waals surface area (Å²) in [5.74, 6) is 0. The van der Waals surface area contributed by atoms with Crippen molar-refractivity contribution < 1.29 is 8.42 Å². The standard InChI is InChI=1S/C13H11N3O2S/c17-19(18,13-8-14-15-9-13)16-12-6-5-10-3-1-2-4-11(10)7-12/h1-9,16H,(H,14,15). The molecule has 0 saturated heterocycles. The van der Waals surface area contributed by atoms with Crippen LogP contribution < -0.4 is 4.72 Å². The van der Waals surface area contributed by atoms with E-state index in [2.05, 4.69) is 14.9 Å². The minimum absolute atomic E-state index is 0.112. The van der Waals surface area contributed by atoms with Gasteiger partial charge in [-0.1, -0.05) is 30.3 Å². The van der Waals surface area contributed by atoms with E-state index in [1.807, 2.05) is 30.3 Å². The van der Waals surface area contributed by atoms with Crippen LogP contribution in [0.5, 0.6) is 0 Å². The molecule has 6 heteroatoms. The Hall–Kier alpha value is -2.34. The highest BCUT2D eigenvalue weighted by Crippen LogP contribution is 2.21. The largest absolute Gasteiger partial charge is 0.284 e. The van der Waals surface area contributed by atoms with Crippen LogP contribution in [0.2, 0.25) is 0 Å². The van der Waals surface area contributed by atoms with E-state index in [0.29, 0.717) is 5.69 Å². The fourth-order valence-corrected chi connectivity index (χ4v) is 2.81. The van der Waals surface area contributed by atoms with Crippen molar-refractivity contribution in [3.05, 3.63) is 54.9 Å². The van der Waals surface area contributed by atoms with Gasteiger partial charge in [-0.05, 0) is 22.9 Å². The number of H-pyrrole nitrogens is 1. The fourth-order valence-electron chi connectivity index (χ4n) is 1.85. The fraction of sp³-hybridized carbons (Fsp3) is 0. The minimum atomic E-state index is -3.58. The molecular formula is C13H11N3O2S. The Labute approximate surface area is 110 Å². The highest BCUT2D eigenvalue weighted by atomic mass is 32.2. The van der Waals surface area contributed by atoms with Gasteiger partial charge in [-0.15, -0.1) is 0 Å². The van der Waals surface area contributed by atoms with Crippen LogP contribution in [-0.4, -0.2) is 18.6 Å². The SMILES string of the molecule is O=S(=O)(Nc1ccc2ccccc2c1)c1cn[nH]c1. The normalized spacial score (nSPS) is 11.6. The van der Waals surface area contributed by atoms with Gasteiger partial charge in [-0.2, -0.15) is 5.10 Å². The third kappa shape index (κ3) is 2.30. The Balaban J connectivity index is 1.98. The number of aromatic nitrogens is 2. The molecule has 5 nitrogen and oxygen atoms in total. The molecule has 2 aromatic carbocycles. The Morgan fingerprint density at radius 2 is 1.84 bits per heavy atom. The van der Waals surface area contributed by atoms with E-state index in [1.165, 1.54) is 12.4 Å². The Morgan fingerprint density at radius 3 is 2.58 bits per heavy atom. The highest BCUT2D eigenvalue weighted by molar-refractivity contribution is 7.92. The molecule has 0 bridgehead atoms. The first-order valence-corrected chi connectivity index (χ1v) is 7.14. The number of hydrogen-bond donors (Lipinski definition) is 2. The van der Waals surface area contributed by atoms with Crippen molar-refractivity contribution in [3.8, 4) is 0 Å². The highest BCUT2D eigenvalue weighted by Gasteiger charge is 2.15. The van der Waals surface area contributed by atoms with Crippen molar-refractivity contribution in [2.24, 2.45) is 0 Å². The predicted octanol–water partition coefficient (Wildman–Crippen LogP) is 2.36. The van der Waals surface area contributed by atoms with E-state index in [1.54, 1.807) is 12.1 Å². The zero-order valence-electron chi connectivity index (χ0n) is 9.87. The van der Waals surface area contributed by atoms with Gasteiger partial charge in [0.15, 0.2) is 0 Å². The van der Waals surface area contributed by atoms with Gasteiger partial charge in [0.05, 0.1) is 6.20 Å². The molecule has 0 spiro atoms. The molecule has 0 unspecified atom stereocenters. The summed E-state index contributed by atoms with van der Waals surface area (Å²) in [7, 11) is -3.58. The minimum Gasteiger partial charge on any atom is -0.284 e. The number of nitrogens with zero attached hydrogens (tertiary/aromatic N) is 1. The van der Waals surface area contributed by atoms with Gasteiger partial charge in [0.25, 0.3) is 10.0 Å². The summed E-state index contributed by atoms with van der Waals surface area (Å²) < 4.78 is 26.6. The molecule has 0 fully saturated rings. The summed E-state index contributed by atoms with van der Waals surface area (Å²) >= 11 is 0. The molecule has 1 aromatic heterocycles. The quantitative estimate of drug-likeness (QED) is 0.769. The number of aromatic amines is 1. The molecule has 2 N–H and O–H groups in total. The first-order chi connectivity index (χ1) is 9.15. The maximum atomic E-state index is 12.0. The molecule has 0 aliphatic carbocycles. The van der Waals surface area contributed by atoms with Gasteiger partial charge in [0.1, 0.15) is 4.90 Å². The second-order valence-corrected chi connectivity index (χ2v) is 5.78. The van der Waals surface area contributed by atoms with E-state index in [0.717, 1.165) is 10.8 Å². The second-order valence-electron chi connectivity index (χ2n) is 4.10. The predicted molar refractivity (Wildman–Crippen MR) is 73.3 cm³/mol. The van der Waals surface area contributed by atoms with Crippen molar-refractivity contribution in [1.29, 1.82) is 0 Å². The maximum absolute atomic E-state index is 12.0. The number of fused-ring (bicyclic) bond motifs is 1. The van der Waals surface area contributed by atoms with E-state index in [-0.39, 0.29) is 4.90 Å². The van der Waals surface area contributed by atoms with Crippen LogP contribution in [0.3, 0.4) is 0 Å². The van der Waals surface area contributed by atoms with E-state index in [4.69, 9.17) is 0 Å². The summed E-state index contributed by atoms with van der Waals surface area (Å²) in [5, 5.41) is 8.16. The summed E-state index contributed by atoms with van der Waals surface area (Å²) in [6.07, 6.45) is 2.60. The zero-order chi connectivity index (χ0) is 13.3. The molecule has 0 atom stereocenters. The first kappa shape index (κ1) is 11.7. The van der Waals surface area contributed by atoms with Crippen molar-refractivity contribution in [3.63, 3.8) is 0 Å². The molecular weight excluding hydrogens is 262 g/mol. The molecule has 3 aromatic rings. The molecule has 0 radical (unpaired) electrons. The molecule has 3 rings (SSSR count).